The van der Waals surface area contributed by atoms with Gasteiger partial charge in [0.15, 0.2) is 0 Å². The van der Waals surface area contributed by atoms with E-state index in [-0.39, 0.29) is 12.2 Å². The topological polar surface area (TPSA) is 49.3 Å². The van der Waals surface area contributed by atoms with Gasteiger partial charge in [0.2, 0.25) is 0 Å². The van der Waals surface area contributed by atoms with Crippen molar-refractivity contribution in [3.63, 3.8) is 0 Å². The van der Waals surface area contributed by atoms with Crippen LogP contribution < -0.4 is 5.32 Å². The van der Waals surface area contributed by atoms with Crippen LogP contribution in [0.1, 0.15) is 15.9 Å². The molecule has 0 atom stereocenters. The smallest absolute Gasteiger partial charge is 0.258 e. The Morgan fingerprint density at radius 1 is 1.19 bits per heavy atom. The predicted octanol–water partition coefficient (Wildman–Crippen LogP) is 2.56. The molecule has 2 N–H and O–H groups in total. The highest BCUT2D eigenvalue weighted by Crippen LogP contribution is 2.14. The molecule has 0 aliphatic heterocycles. The summed E-state index contributed by atoms with van der Waals surface area (Å²) in [5.41, 5.74) is 0.608. The highest BCUT2D eigenvalue weighted by atomic mass is 19.1. The maximum absolute atomic E-state index is 13.5. The van der Waals surface area contributed by atoms with Gasteiger partial charge in [0.05, 0.1) is 5.56 Å². The number of nitrogens with one attached hydrogen (secondary N) is 1. The summed E-state index contributed by atoms with van der Waals surface area (Å²) in [6.07, 6.45) is 0. The number of rotatable bonds is 2. The summed E-state index contributed by atoms with van der Waals surface area (Å²) in [4.78, 5) is 11.9. The number of halogens is 2. The molecule has 0 bridgehead atoms. The second kappa shape index (κ2) is 6.64. The van der Waals surface area contributed by atoms with Gasteiger partial charge in [-0.15, -0.1) is 0 Å². The summed E-state index contributed by atoms with van der Waals surface area (Å²) in [6, 6.07) is 9.18. The molecule has 0 saturated carbocycles. The van der Waals surface area contributed by atoms with Crippen molar-refractivity contribution in [1.82, 2.24) is 0 Å². The second-order valence-corrected chi connectivity index (χ2v) is 4.12. The van der Waals surface area contributed by atoms with Crippen molar-refractivity contribution in [1.29, 1.82) is 0 Å². The summed E-state index contributed by atoms with van der Waals surface area (Å²) in [5, 5.41) is 11.1. The van der Waals surface area contributed by atoms with Gasteiger partial charge in [-0.1, -0.05) is 17.9 Å². The first-order valence-electron chi connectivity index (χ1n) is 6.06. The summed E-state index contributed by atoms with van der Waals surface area (Å²) < 4.78 is 26.6. The molecule has 1 amide bonds. The first-order valence-corrected chi connectivity index (χ1v) is 6.06. The van der Waals surface area contributed by atoms with Crippen molar-refractivity contribution in [2.24, 2.45) is 0 Å². The highest BCUT2D eigenvalue weighted by Gasteiger charge is 2.13. The first-order chi connectivity index (χ1) is 10.1. The zero-order valence-corrected chi connectivity index (χ0v) is 10.9. The van der Waals surface area contributed by atoms with Gasteiger partial charge in [0, 0.05) is 11.3 Å². The van der Waals surface area contributed by atoms with Gasteiger partial charge in [0.25, 0.3) is 5.91 Å². The van der Waals surface area contributed by atoms with E-state index in [2.05, 4.69) is 17.2 Å². The fourth-order valence-electron chi connectivity index (χ4n) is 1.69. The third-order valence-corrected chi connectivity index (χ3v) is 2.61. The third kappa shape index (κ3) is 3.88. The van der Waals surface area contributed by atoms with Crippen LogP contribution >= 0.6 is 0 Å². The quantitative estimate of drug-likeness (QED) is 0.834. The van der Waals surface area contributed by atoms with Crippen molar-refractivity contribution in [3.8, 4) is 11.8 Å². The van der Waals surface area contributed by atoms with E-state index in [1.165, 1.54) is 0 Å². The maximum atomic E-state index is 13.5. The van der Waals surface area contributed by atoms with E-state index in [0.717, 1.165) is 18.2 Å². The van der Waals surface area contributed by atoms with Crippen molar-refractivity contribution in [2.75, 3.05) is 11.9 Å². The molecule has 2 aromatic rings. The lowest BCUT2D eigenvalue weighted by atomic mass is 10.1. The molecule has 0 fully saturated rings. The van der Waals surface area contributed by atoms with E-state index in [1.807, 2.05) is 0 Å². The van der Waals surface area contributed by atoms with E-state index >= 15 is 0 Å². The molecule has 0 saturated heterocycles. The Kier molecular flexibility index (Phi) is 4.64. The van der Waals surface area contributed by atoms with Crippen LogP contribution in [-0.2, 0) is 0 Å². The van der Waals surface area contributed by atoms with Crippen LogP contribution in [0.4, 0.5) is 14.5 Å². The van der Waals surface area contributed by atoms with Crippen molar-refractivity contribution >= 4 is 11.6 Å². The Balaban J connectivity index is 2.21. The largest absolute Gasteiger partial charge is 0.384 e. The van der Waals surface area contributed by atoms with Crippen LogP contribution in [0.3, 0.4) is 0 Å². The Hall–Kier alpha value is -2.71. The number of carbonyl (C=O) groups excluding carboxylic acids is 1. The van der Waals surface area contributed by atoms with Gasteiger partial charge in [-0.2, -0.15) is 0 Å². The molecule has 0 heterocycles. The van der Waals surface area contributed by atoms with E-state index in [4.69, 9.17) is 5.11 Å². The predicted molar refractivity (Wildman–Crippen MR) is 74.7 cm³/mol. The first kappa shape index (κ1) is 14.7. The van der Waals surface area contributed by atoms with Gasteiger partial charge in [-0.05, 0) is 36.4 Å². The standard InChI is InChI=1S/C16H11F2NO2/c17-12-6-7-15(18)14(10-12)16(21)19-13-5-1-3-11(9-13)4-2-8-20/h1,3,5-7,9-10,20H,8H2,(H,19,21). The Bertz CT molecular complexity index is 733. The zero-order valence-electron chi connectivity index (χ0n) is 10.9. The van der Waals surface area contributed by atoms with Crippen molar-refractivity contribution < 1.29 is 18.7 Å². The highest BCUT2D eigenvalue weighted by molar-refractivity contribution is 6.04. The fraction of sp³-hybridized carbons (Fsp3) is 0.0625. The molecule has 5 heteroatoms. The molecule has 0 aliphatic rings. The number of benzene rings is 2. The van der Waals surface area contributed by atoms with Crippen molar-refractivity contribution in [2.45, 2.75) is 0 Å². The van der Waals surface area contributed by atoms with E-state index < -0.39 is 17.5 Å². The van der Waals surface area contributed by atoms with Crippen LogP contribution in [0.5, 0.6) is 0 Å². The van der Waals surface area contributed by atoms with Crippen molar-refractivity contribution in [3.05, 3.63) is 65.2 Å². The van der Waals surface area contributed by atoms with E-state index in [1.54, 1.807) is 24.3 Å². The molecule has 21 heavy (non-hydrogen) atoms. The number of aliphatic hydroxyl groups is 1. The molecule has 2 aromatic carbocycles. The molecule has 0 radical (unpaired) electrons. The minimum atomic E-state index is -0.801. The molecule has 0 aliphatic carbocycles. The number of hydrogen-bond acceptors (Lipinski definition) is 2. The number of hydrogen-bond donors (Lipinski definition) is 2. The molecule has 0 spiro atoms. The maximum Gasteiger partial charge on any atom is 0.258 e. The SMILES string of the molecule is O=C(Nc1cccc(C#CCO)c1)c1cc(F)ccc1F. The number of anilines is 1. The van der Waals surface area contributed by atoms with Gasteiger partial charge >= 0.3 is 0 Å². The monoisotopic (exact) mass is 287 g/mol. The molecule has 0 unspecified atom stereocenters. The third-order valence-electron chi connectivity index (χ3n) is 2.61. The van der Waals surface area contributed by atoms with Crippen LogP contribution in [0, 0.1) is 23.5 Å². The second-order valence-electron chi connectivity index (χ2n) is 4.12. The summed E-state index contributed by atoms with van der Waals surface area (Å²) in [5.74, 6) is 2.92. The van der Waals surface area contributed by atoms with Crippen LogP contribution in [-0.4, -0.2) is 17.6 Å². The average Bonchev–Trinajstić information content (AvgIpc) is 2.48. The number of amides is 1. The lowest BCUT2D eigenvalue weighted by Gasteiger charge is -2.06. The lowest BCUT2D eigenvalue weighted by Crippen LogP contribution is -2.14. The number of aliphatic hydroxyl groups excluding tert-OH is 1. The van der Waals surface area contributed by atoms with Gasteiger partial charge in [-0.25, -0.2) is 8.78 Å². The summed E-state index contributed by atoms with van der Waals surface area (Å²) >= 11 is 0. The molecule has 0 aromatic heterocycles. The van der Waals surface area contributed by atoms with Gasteiger partial charge in [0.1, 0.15) is 18.2 Å². The minimum absolute atomic E-state index is 0.273. The molecule has 2 rings (SSSR count). The van der Waals surface area contributed by atoms with Crippen LogP contribution in [0.2, 0.25) is 0 Å². The molecule has 106 valence electrons. The molecular formula is C16H11F2NO2. The zero-order chi connectivity index (χ0) is 15.2. The van der Waals surface area contributed by atoms with E-state index in [9.17, 15) is 13.6 Å². The normalized spacial score (nSPS) is 9.67. The Morgan fingerprint density at radius 2 is 2.00 bits per heavy atom. The van der Waals surface area contributed by atoms with E-state index in [0.29, 0.717) is 11.3 Å². The summed E-state index contributed by atoms with van der Waals surface area (Å²) in [7, 11) is 0. The number of carbonyl (C=O) groups is 1. The molecular weight excluding hydrogens is 276 g/mol. The lowest BCUT2D eigenvalue weighted by molar-refractivity contribution is 0.102. The van der Waals surface area contributed by atoms with Gasteiger partial charge in [-0.3, -0.25) is 4.79 Å². The summed E-state index contributed by atoms with van der Waals surface area (Å²) in [6.45, 7) is -0.273. The average molecular weight is 287 g/mol. The molecule has 3 nitrogen and oxygen atoms in total. The van der Waals surface area contributed by atoms with Gasteiger partial charge < -0.3 is 10.4 Å². The van der Waals surface area contributed by atoms with Crippen LogP contribution in [0.25, 0.3) is 0 Å². The Morgan fingerprint density at radius 3 is 2.76 bits per heavy atom. The van der Waals surface area contributed by atoms with Crippen LogP contribution in [0.15, 0.2) is 42.5 Å². The fourth-order valence-corrected chi connectivity index (χ4v) is 1.69. The minimum Gasteiger partial charge on any atom is -0.384 e. The Labute approximate surface area is 120 Å².